The summed E-state index contributed by atoms with van der Waals surface area (Å²) in [7, 11) is 0. The van der Waals surface area contributed by atoms with Gasteiger partial charge in [0.1, 0.15) is 0 Å². The van der Waals surface area contributed by atoms with Crippen LogP contribution in [-0.4, -0.2) is 4.70 Å². The standard InChI is InChI=1S/C52H76N2.2C26H53.Ni/c1-7-13-19-22-25-28-31-43-37-39-45(33-16-10-4)49(41-43)51-47(35-18-12-6)48(36-30-27-24-21-15-9-3)52(54(51)53)50-42-44(32-29-26-23-20-14-8-2)38-40-46(50)34-17-11-5;2*1-3-5-7-9-11-13-15-17-19-21-23-25-26-24-22-20-18-16-14-12-10-8-6-4-2;/h4-5,37-42H,7-9,12-36H2,1-3,6H3;2*1,3-26H2,2H3;/q;2*-1;+2. The predicted octanol–water partition coefficient (Wildman–Crippen LogP) is 36.1. The molecule has 0 spiro atoms. The van der Waals surface area contributed by atoms with E-state index in [-0.39, 0.29) is 16.5 Å². The number of benzene rings is 2. The summed E-state index contributed by atoms with van der Waals surface area (Å²) in [6.45, 7) is 21.6. The molecule has 2 nitrogen and oxygen atoms in total. The van der Waals surface area contributed by atoms with Crippen LogP contribution in [0.4, 0.5) is 0 Å². The number of terminal acetylenes is 2. The van der Waals surface area contributed by atoms with Gasteiger partial charge in [-0.05, 0) is 98.6 Å². The Bertz CT molecular complexity index is 2290. The average molecular weight is 1520 g/mol. The van der Waals surface area contributed by atoms with Crippen molar-refractivity contribution in [1.82, 2.24) is 0 Å². The molecule has 3 rings (SSSR count). The monoisotopic (exact) mass is 1520 g/mol. The zero-order chi connectivity index (χ0) is 76.7. The van der Waals surface area contributed by atoms with Gasteiger partial charge in [-0.25, -0.2) is 4.70 Å². The fraction of sp³-hybridized carbons (Fsp3) is 0.788. The second-order valence-electron chi connectivity index (χ2n) is 33.3. The normalized spacial score (nSPS) is 12.0. The summed E-state index contributed by atoms with van der Waals surface area (Å²) in [5.41, 5.74) is 25.0. The van der Waals surface area contributed by atoms with E-state index in [0.29, 0.717) is 12.8 Å². The maximum Gasteiger partial charge on any atom is 2.00 e. The van der Waals surface area contributed by atoms with Gasteiger partial charge in [-0.2, -0.15) is 12.8 Å². The van der Waals surface area contributed by atoms with Gasteiger partial charge < -0.3 is 19.4 Å². The Morgan fingerprint density at radius 1 is 0.262 bits per heavy atom. The molecule has 618 valence electrons. The molecule has 107 heavy (non-hydrogen) atoms. The van der Waals surface area contributed by atoms with E-state index in [1.165, 1.54) is 449 Å². The third-order valence-corrected chi connectivity index (χ3v) is 23.2. The number of hydrogen-bond acceptors (Lipinski definition) is 0. The summed E-state index contributed by atoms with van der Waals surface area (Å²) >= 11 is 0. The van der Waals surface area contributed by atoms with Gasteiger partial charge in [0, 0.05) is 35.1 Å². The molecule has 1 aliphatic heterocycles. The van der Waals surface area contributed by atoms with Gasteiger partial charge in [0.2, 0.25) is 11.4 Å². The molecule has 0 bridgehead atoms. The SMILES string of the molecule is C#CCCc1ccc(CCCCCCCC)cc1C1=C(CCCC)C(CCCCCCCC)=C(c2cc(CCCCCCCC)ccc2CCC#C)[N+]1=[N-].[CH2-]CCCCCCCCCCCCCCCCCCCCCCCCC.[CH2-]CCCCCCCCCCCCCCCCCCCCCCCCC.[Ni+2]. The number of rotatable bonds is 76. The van der Waals surface area contributed by atoms with E-state index >= 15 is 0 Å². The molecule has 0 unspecified atom stereocenters. The molecule has 0 aliphatic carbocycles. The molecular weight excluding hydrogens is 1340 g/mol. The van der Waals surface area contributed by atoms with E-state index in [4.69, 9.17) is 12.8 Å². The molecule has 0 saturated carbocycles. The van der Waals surface area contributed by atoms with Gasteiger partial charge in [0.05, 0.1) is 0 Å². The van der Waals surface area contributed by atoms with Crippen molar-refractivity contribution in [3.63, 3.8) is 0 Å². The quantitative estimate of drug-likeness (QED) is 0.0207. The van der Waals surface area contributed by atoms with Crippen molar-refractivity contribution < 1.29 is 21.2 Å². The number of nitrogens with zero attached hydrogens (tertiary/aromatic N) is 2. The number of hydrogen-bond donors (Lipinski definition) is 0. The Hall–Kier alpha value is -2.87. The summed E-state index contributed by atoms with van der Waals surface area (Å²) in [6.07, 6.45) is 114. The molecule has 0 fully saturated rings. The van der Waals surface area contributed by atoms with Crippen molar-refractivity contribution >= 4 is 11.4 Å². The molecule has 0 amide bonds. The molecular formula is C104H182N2Ni. The predicted molar refractivity (Wildman–Crippen MR) is 480 cm³/mol. The molecule has 1 aliphatic rings. The minimum Gasteiger partial charge on any atom is -0.493 e. The van der Waals surface area contributed by atoms with Crippen LogP contribution in [-0.2, 0) is 42.2 Å². The van der Waals surface area contributed by atoms with Crippen LogP contribution in [0.2, 0.25) is 0 Å². The van der Waals surface area contributed by atoms with Gasteiger partial charge in [-0.15, -0.1) is 24.7 Å². The first-order valence-corrected chi connectivity index (χ1v) is 48.0. The number of allylic oxidation sites excluding steroid dienone is 2. The average Bonchev–Trinajstić information content (AvgIpc) is 1.59. The van der Waals surface area contributed by atoms with Gasteiger partial charge in [-0.3, -0.25) is 0 Å². The van der Waals surface area contributed by atoms with Crippen LogP contribution >= 0.6 is 0 Å². The summed E-state index contributed by atoms with van der Waals surface area (Å²) in [6, 6.07) is 14.1. The molecule has 0 aromatic heterocycles. The van der Waals surface area contributed by atoms with Crippen LogP contribution in [0.1, 0.15) is 537 Å². The summed E-state index contributed by atoms with van der Waals surface area (Å²) in [5.74, 6) is 5.81. The number of unbranched alkanes of at least 4 members (excludes halogenated alkanes) is 62. The second-order valence-corrected chi connectivity index (χ2v) is 33.3. The van der Waals surface area contributed by atoms with Crippen LogP contribution in [0, 0.1) is 38.5 Å². The Kier molecular flexibility index (Phi) is 80.4. The molecule has 0 N–H and O–H groups in total. The Labute approximate surface area is 682 Å². The Morgan fingerprint density at radius 2 is 0.458 bits per heavy atom. The van der Waals surface area contributed by atoms with E-state index in [2.05, 4.69) is 104 Å². The van der Waals surface area contributed by atoms with E-state index in [1.807, 2.05) is 0 Å². The van der Waals surface area contributed by atoms with Crippen LogP contribution in [0.3, 0.4) is 0 Å². The first kappa shape index (κ1) is 104. The molecule has 0 saturated heterocycles. The van der Waals surface area contributed by atoms with E-state index < -0.39 is 0 Å². The third-order valence-electron chi connectivity index (χ3n) is 23.2. The second kappa shape index (κ2) is 82.6. The number of aryl methyl sites for hydroxylation is 4. The molecule has 3 heteroatoms. The van der Waals surface area contributed by atoms with E-state index in [0.717, 1.165) is 82.0 Å². The van der Waals surface area contributed by atoms with Crippen LogP contribution in [0.5, 0.6) is 0 Å². The van der Waals surface area contributed by atoms with Crippen LogP contribution in [0.25, 0.3) is 16.9 Å². The first-order chi connectivity index (χ1) is 52.4. The first-order valence-electron chi connectivity index (χ1n) is 48.0. The van der Waals surface area contributed by atoms with E-state index in [1.54, 1.807) is 4.70 Å². The van der Waals surface area contributed by atoms with Crippen molar-refractivity contribution in [3.05, 3.63) is 100 Å². The van der Waals surface area contributed by atoms with Crippen LogP contribution < -0.4 is 0 Å². The molecule has 1 heterocycles. The van der Waals surface area contributed by atoms with Crippen LogP contribution in [0.15, 0.2) is 47.5 Å². The van der Waals surface area contributed by atoms with Gasteiger partial charge in [0.25, 0.3) is 0 Å². The van der Waals surface area contributed by atoms with Gasteiger partial charge in [0.15, 0.2) is 0 Å². The maximum absolute atomic E-state index is 12.8. The van der Waals surface area contributed by atoms with Crippen molar-refractivity contribution in [1.29, 1.82) is 0 Å². The summed E-state index contributed by atoms with van der Waals surface area (Å²) in [4.78, 5) is 0. The molecule has 2 aromatic carbocycles. The fourth-order valence-electron chi connectivity index (χ4n) is 16.2. The van der Waals surface area contributed by atoms with Crippen molar-refractivity contribution in [2.75, 3.05) is 0 Å². The van der Waals surface area contributed by atoms with Crippen molar-refractivity contribution in [3.8, 4) is 24.7 Å². The summed E-state index contributed by atoms with van der Waals surface area (Å²) < 4.78 is 1.63. The Balaban J connectivity index is 0.00000177. The van der Waals surface area contributed by atoms with Gasteiger partial charge in [-0.1, -0.05) is 464 Å². The molecule has 0 radical (unpaired) electrons. The zero-order valence-corrected chi connectivity index (χ0v) is 74.0. The largest absolute Gasteiger partial charge is 2.00 e. The maximum atomic E-state index is 12.8. The summed E-state index contributed by atoms with van der Waals surface area (Å²) in [5, 5.41) is 0. The van der Waals surface area contributed by atoms with E-state index in [9.17, 15) is 5.53 Å². The Morgan fingerprint density at radius 3 is 0.673 bits per heavy atom. The van der Waals surface area contributed by atoms with Crippen molar-refractivity contribution in [2.24, 2.45) is 0 Å². The topological polar surface area (TPSA) is 25.3 Å². The molecule has 2 aromatic rings. The minimum absolute atomic E-state index is 0. The smallest absolute Gasteiger partial charge is 0.493 e. The molecule has 0 atom stereocenters. The zero-order valence-electron chi connectivity index (χ0n) is 73.0. The van der Waals surface area contributed by atoms with Crippen molar-refractivity contribution in [2.45, 2.75) is 530 Å². The minimum atomic E-state index is 0. The third kappa shape index (κ3) is 59.5. The van der Waals surface area contributed by atoms with Gasteiger partial charge >= 0.3 is 16.5 Å². The fourth-order valence-corrected chi connectivity index (χ4v) is 16.2.